The SMILES string of the molecule is COc1ccc(CCN(C)CS)c(C)c1C. The largest absolute Gasteiger partial charge is 0.496 e. The Morgan fingerprint density at radius 1 is 1.25 bits per heavy atom. The van der Waals surface area contributed by atoms with Gasteiger partial charge in [-0.1, -0.05) is 6.07 Å². The van der Waals surface area contributed by atoms with E-state index in [9.17, 15) is 0 Å². The summed E-state index contributed by atoms with van der Waals surface area (Å²) in [5.41, 5.74) is 3.98. The van der Waals surface area contributed by atoms with Crippen LogP contribution in [0.5, 0.6) is 5.75 Å². The molecule has 0 spiro atoms. The van der Waals surface area contributed by atoms with Crippen LogP contribution < -0.4 is 4.74 Å². The highest BCUT2D eigenvalue weighted by Crippen LogP contribution is 2.24. The molecule has 0 aliphatic heterocycles. The minimum atomic E-state index is 0.800. The van der Waals surface area contributed by atoms with Gasteiger partial charge in [-0.25, -0.2) is 0 Å². The summed E-state index contributed by atoms with van der Waals surface area (Å²) in [6, 6.07) is 4.21. The van der Waals surface area contributed by atoms with E-state index >= 15 is 0 Å². The lowest BCUT2D eigenvalue weighted by Crippen LogP contribution is -2.19. The van der Waals surface area contributed by atoms with Gasteiger partial charge in [0.25, 0.3) is 0 Å². The fourth-order valence-corrected chi connectivity index (χ4v) is 1.87. The Hall–Kier alpha value is -0.670. The first-order valence-corrected chi connectivity index (χ1v) is 6.15. The lowest BCUT2D eigenvalue weighted by molar-refractivity contribution is 0.397. The zero-order valence-electron chi connectivity index (χ0n) is 10.6. The molecule has 3 heteroatoms. The third kappa shape index (κ3) is 3.16. The monoisotopic (exact) mass is 239 g/mol. The Kier molecular flexibility index (Phi) is 5.16. The van der Waals surface area contributed by atoms with Crippen molar-refractivity contribution in [2.75, 3.05) is 26.6 Å². The van der Waals surface area contributed by atoms with Crippen molar-refractivity contribution < 1.29 is 4.74 Å². The van der Waals surface area contributed by atoms with E-state index in [-0.39, 0.29) is 0 Å². The van der Waals surface area contributed by atoms with E-state index in [0.29, 0.717) is 0 Å². The molecule has 0 fully saturated rings. The minimum absolute atomic E-state index is 0.800. The lowest BCUT2D eigenvalue weighted by Gasteiger charge is -2.16. The molecule has 0 bridgehead atoms. The van der Waals surface area contributed by atoms with Gasteiger partial charge in [-0.3, -0.25) is 4.90 Å². The van der Waals surface area contributed by atoms with Gasteiger partial charge in [0, 0.05) is 12.4 Å². The molecule has 0 aliphatic carbocycles. The number of likely N-dealkylation sites (N-methyl/N-ethyl adjacent to an activating group) is 1. The van der Waals surface area contributed by atoms with Gasteiger partial charge in [0.2, 0.25) is 0 Å². The standard InChI is InChI=1S/C13H21NOS/c1-10-11(2)13(15-4)6-5-12(10)7-8-14(3)9-16/h5-6,16H,7-9H2,1-4H3. The van der Waals surface area contributed by atoms with E-state index in [1.165, 1.54) is 16.7 Å². The molecule has 0 radical (unpaired) electrons. The van der Waals surface area contributed by atoms with Gasteiger partial charge >= 0.3 is 0 Å². The molecule has 90 valence electrons. The maximum absolute atomic E-state index is 5.30. The average Bonchev–Trinajstić information content (AvgIpc) is 2.30. The molecular formula is C13H21NOS. The molecule has 0 aliphatic rings. The van der Waals surface area contributed by atoms with Crippen molar-refractivity contribution in [3.05, 3.63) is 28.8 Å². The molecule has 0 saturated heterocycles. The summed E-state index contributed by atoms with van der Waals surface area (Å²) in [4.78, 5) is 2.20. The number of nitrogens with zero attached hydrogens (tertiary/aromatic N) is 1. The van der Waals surface area contributed by atoms with Crippen molar-refractivity contribution >= 4 is 12.6 Å². The van der Waals surface area contributed by atoms with E-state index in [1.807, 2.05) is 0 Å². The summed E-state index contributed by atoms with van der Waals surface area (Å²) in [6.45, 7) is 5.31. The Labute approximate surface area is 104 Å². The second-order valence-electron chi connectivity index (χ2n) is 4.15. The van der Waals surface area contributed by atoms with Gasteiger partial charge < -0.3 is 4.74 Å². The number of methoxy groups -OCH3 is 1. The first kappa shape index (κ1) is 13.4. The molecule has 0 atom stereocenters. The van der Waals surface area contributed by atoms with Crippen LogP contribution in [0.1, 0.15) is 16.7 Å². The number of benzene rings is 1. The zero-order valence-corrected chi connectivity index (χ0v) is 11.5. The Balaban J connectivity index is 2.78. The molecule has 2 nitrogen and oxygen atoms in total. The summed E-state index contributed by atoms with van der Waals surface area (Å²) in [5.74, 6) is 1.78. The molecule has 16 heavy (non-hydrogen) atoms. The van der Waals surface area contributed by atoms with Crippen LogP contribution in [0.4, 0.5) is 0 Å². The van der Waals surface area contributed by atoms with Crippen LogP contribution in [-0.2, 0) is 6.42 Å². The lowest BCUT2D eigenvalue weighted by atomic mass is 10.00. The van der Waals surface area contributed by atoms with E-state index in [2.05, 4.69) is 50.6 Å². The van der Waals surface area contributed by atoms with Crippen LogP contribution in [0.2, 0.25) is 0 Å². The topological polar surface area (TPSA) is 12.5 Å². The third-order valence-corrected chi connectivity index (χ3v) is 3.56. The number of ether oxygens (including phenoxy) is 1. The van der Waals surface area contributed by atoms with Gasteiger partial charge in [-0.15, -0.1) is 0 Å². The first-order chi connectivity index (χ1) is 7.60. The normalized spacial score (nSPS) is 10.9. The first-order valence-electron chi connectivity index (χ1n) is 5.52. The summed E-state index contributed by atoms with van der Waals surface area (Å²) in [7, 11) is 3.80. The minimum Gasteiger partial charge on any atom is -0.496 e. The summed E-state index contributed by atoms with van der Waals surface area (Å²) in [6.07, 6.45) is 1.06. The number of rotatable bonds is 5. The van der Waals surface area contributed by atoms with Crippen molar-refractivity contribution in [1.29, 1.82) is 0 Å². The molecule has 1 aromatic rings. The molecule has 0 unspecified atom stereocenters. The predicted octanol–water partition coefficient (Wildman–Crippen LogP) is 2.67. The highest BCUT2D eigenvalue weighted by molar-refractivity contribution is 7.80. The Morgan fingerprint density at radius 2 is 1.94 bits per heavy atom. The maximum atomic E-state index is 5.30. The van der Waals surface area contributed by atoms with Crippen LogP contribution in [0.15, 0.2) is 12.1 Å². The quantitative estimate of drug-likeness (QED) is 0.626. The molecule has 0 amide bonds. The van der Waals surface area contributed by atoms with Gasteiger partial charge in [0.15, 0.2) is 0 Å². The van der Waals surface area contributed by atoms with Crippen LogP contribution in [0, 0.1) is 13.8 Å². The summed E-state index contributed by atoms with van der Waals surface area (Å²) in [5, 5.41) is 0. The Morgan fingerprint density at radius 3 is 2.50 bits per heavy atom. The van der Waals surface area contributed by atoms with E-state index < -0.39 is 0 Å². The van der Waals surface area contributed by atoms with Crippen molar-refractivity contribution in [1.82, 2.24) is 4.90 Å². The zero-order chi connectivity index (χ0) is 12.1. The number of hydrogen-bond acceptors (Lipinski definition) is 3. The summed E-state index contributed by atoms with van der Waals surface area (Å²) >= 11 is 4.25. The molecule has 1 rings (SSSR count). The van der Waals surface area contributed by atoms with Crippen molar-refractivity contribution in [2.45, 2.75) is 20.3 Å². The highest BCUT2D eigenvalue weighted by atomic mass is 32.1. The van der Waals surface area contributed by atoms with Gasteiger partial charge in [-0.2, -0.15) is 12.6 Å². The summed E-state index contributed by atoms with van der Waals surface area (Å²) < 4.78 is 5.30. The fourth-order valence-electron chi connectivity index (χ4n) is 1.73. The average molecular weight is 239 g/mol. The molecule has 0 saturated carbocycles. The van der Waals surface area contributed by atoms with E-state index in [0.717, 1.165) is 24.6 Å². The van der Waals surface area contributed by atoms with Crippen LogP contribution in [0.3, 0.4) is 0 Å². The van der Waals surface area contributed by atoms with Crippen molar-refractivity contribution in [3.8, 4) is 5.75 Å². The van der Waals surface area contributed by atoms with Crippen LogP contribution in [0.25, 0.3) is 0 Å². The van der Waals surface area contributed by atoms with Gasteiger partial charge in [0.05, 0.1) is 7.11 Å². The van der Waals surface area contributed by atoms with Gasteiger partial charge in [-0.05, 0) is 50.1 Å². The molecular weight excluding hydrogens is 218 g/mol. The smallest absolute Gasteiger partial charge is 0.122 e. The van der Waals surface area contributed by atoms with Gasteiger partial charge in [0.1, 0.15) is 5.75 Å². The molecule has 1 aromatic carbocycles. The fraction of sp³-hybridized carbons (Fsp3) is 0.538. The predicted molar refractivity (Wildman–Crippen MR) is 72.7 cm³/mol. The van der Waals surface area contributed by atoms with Crippen molar-refractivity contribution in [3.63, 3.8) is 0 Å². The number of hydrogen-bond donors (Lipinski definition) is 1. The van der Waals surface area contributed by atoms with E-state index in [1.54, 1.807) is 7.11 Å². The number of thiol groups is 1. The third-order valence-electron chi connectivity index (χ3n) is 3.07. The second kappa shape index (κ2) is 6.16. The molecule has 0 N–H and O–H groups in total. The van der Waals surface area contributed by atoms with Crippen molar-refractivity contribution in [2.24, 2.45) is 0 Å². The van der Waals surface area contributed by atoms with Crippen LogP contribution >= 0.6 is 12.6 Å². The maximum Gasteiger partial charge on any atom is 0.122 e. The van der Waals surface area contributed by atoms with E-state index in [4.69, 9.17) is 4.74 Å². The Bertz CT molecular complexity index is 352. The highest BCUT2D eigenvalue weighted by Gasteiger charge is 2.07. The molecule has 0 heterocycles. The molecule has 0 aromatic heterocycles. The second-order valence-corrected chi connectivity index (χ2v) is 4.43. The van der Waals surface area contributed by atoms with Crippen LogP contribution in [-0.4, -0.2) is 31.5 Å².